The maximum absolute atomic E-state index is 6.18. The molecule has 0 bridgehead atoms. The summed E-state index contributed by atoms with van der Waals surface area (Å²) in [6.07, 6.45) is 0. The summed E-state index contributed by atoms with van der Waals surface area (Å²) in [6, 6.07) is 41.7. The molecule has 0 aliphatic heterocycles. The lowest BCUT2D eigenvalue weighted by atomic mass is 10.1. The van der Waals surface area contributed by atoms with Crippen molar-refractivity contribution in [1.82, 2.24) is 0 Å². The van der Waals surface area contributed by atoms with E-state index in [9.17, 15) is 0 Å². The smallest absolute Gasteiger partial charge is 0.369 e. The fraction of sp³-hybridized carbons (Fsp3) is 0.231. The first-order valence-electron chi connectivity index (χ1n) is 15.5. The van der Waals surface area contributed by atoms with E-state index in [4.69, 9.17) is 8.85 Å². The summed E-state index contributed by atoms with van der Waals surface area (Å²) < 4.78 is 12.4. The molecule has 5 aromatic carbocycles. The van der Waals surface area contributed by atoms with Gasteiger partial charge < -0.3 is 18.7 Å². The third-order valence-electron chi connectivity index (χ3n) is 8.05. The van der Waals surface area contributed by atoms with Gasteiger partial charge >= 0.3 is 8.56 Å². The second kappa shape index (κ2) is 13.6. The summed E-state index contributed by atoms with van der Waals surface area (Å²) in [4.78, 5) is 4.66. The van der Waals surface area contributed by atoms with Crippen LogP contribution in [-0.4, -0.2) is 21.8 Å². The summed E-state index contributed by atoms with van der Waals surface area (Å²) in [5, 5.41) is 1.13. The van der Waals surface area contributed by atoms with Gasteiger partial charge in [-0.15, -0.1) is 0 Å². The minimum atomic E-state index is -2.48. The Labute approximate surface area is 264 Å². The molecule has 0 amide bonds. The Morgan fingerprint density at radius 1 is 0.477 bits per heavy atom. The molecule has 44 heavy (non-hydrogen) atoms. The van der Waals surface area contributed by atoms with Gasteiger partial charge in [0.1, 0.15) is 0 Å². The lowest BCUT2D eigenvalue weighted by Crippen LogP contribution is -2.51. The van der Waals surface area contributed by atoms with Gasteiger partial charge in [-0.25, -0.2) is 0 Å². The topological polar surface area (TPSA) is 24.9 Å². The van der Waals surface area contributed by atoms with Gasteiger partial charge in [0.05, 0.1) is 0 Å². The van der Waals surface area contributed by atoms with Crippen molar-refractivity contribution in [3.05, 3.63) is 138 Å². The molecule has 0 spiro atoms. The fourth-order valence-corrected chi connectivity index (χ4v) is 7.95. The monoisotopic (exact) mass is 600 g/mol. The van der Waals surface area contributed by atoms with Crippen molar-refractivity contribution in [2.24, 2.45) is 0 Å². The van der Waals surface area contributed by atoms with Crippen LogP contribution >= 0.6 is 0 Å². The van der Waals surface area contributed by atoms with E-state index in [0.717, 1.165) is 39.3 Å². The lowest BCUT2D eigenvalue weighted by molar-refractivity contribution is 0.202. The SMILES string of the molecule is CCO[Si](C)(OCC)c1ccc(N(c2ccc(C)cc2)c2ccc(N(c3ccc(C)cc3)c3ccc(C)cc3)cc2C)cc1. The molecule has 0 saturated carbocycles. The fourth-order valence-electron chi connectivity index (χ4n) is 5.66. The first-order chi connectivity index (χ1) is 21.2. The summed E-state index contributed by atoms with van der Waals surface area (Å²) in [6.45, 7) is 16.0. The molecule has 5 aromatic rings. The zero-order valence-electron chi connectivity index (χ0n) is 27.1. The Morgan fingerprint density at radius 2 is 0.841 bits per heavy atom. The molecule has 5 heteroatoms. The minimum Gasteiger partial charge on any atom is -0.391 e. The number of nitrogens with zero attached hydrogens (tertiary/aromatic N) is 2. The standard InChI is InChI=1S/C39H44N2O2Si/c1-8-42-44(7,43-9-2)38-25-22-36(23-26-38)41(35-20-14-31(5)15-21-35)39-27-24-37(28-32(39)6)40(33-16-10-29(3)11-17-33)34-18-12-30(4)13-19-34/h10-28H,8-9H2,1-7H3. The number of anilines is 6. The van der Waals surface area contributed by atoms with E-state index in [0.29, 0.717) is 13.2 Å². The van der Waals surface area contributed by atoms with Gasteiger partial charge in [0.25, 0.3) is 0 Å². The van der Waals surface area contributed by atoms with Crippen LogP contribution in [0.3, 0.4) is 0 Å². The highest BCUT2D eigenvalue weighted by molar-refractivity contribution is 6.80. The number of hydrogen-bond donors (Lipinski definition) is 0. The van der Waals surface area contributed by atoms with Crippen LogP contribution in [0.2, 0.25) is 6.55 Å². The summed E-state index contributed by atoms with van der Waals surface area (Å²) in [5.74, 6) is 0. The average molecular weight is 601 g/mol. The van der Waals surface area contributed by atoms with Gasteiger partial charge in [0.15, 0.2) is 0 Å². The number of rotatable bonds is 11. The molecule has 0 unspecified atom stereocenters. The maximum atomic E-state index is 6.18. The molecule has 0 aromatic heterocycles. The molecule has 0 aliphatic rings. The highest BCUT2D eigenvalue weighted by Gasteiger charge is 2.33. The molecule has 226 valence electrons. The molecule has 0 heterocycles. The van der Waals surface area contributed by atoms with Crippen LogP contribution in [0, 0.1) is 27.7 Å². The Bertz CT molecular complexity index is 1610. The summed E-state index contributed by atoms with van der Waals surface area (Å²) >= 11 is 0. The highest BCUT2D eigenvalue weighted by atomic mass is 28.4. The quantitative estimate of drug-likeness (QED) is 0.141. The van der Waals surface area contributed by atoms with E-state index in [1.165, 1.54) is 22.3 Å². The molecule has 0 aliphatic carbocycles. The van der Waals surface area contributed by atoms with Gasteiger partial charge in [0.2, 0.25) is 0 Å². The lowest BCUT2D eigenvalue weighted by Gasteiger charge is -2.31. The van der Waals surface area contributed by atoms with Gasteiger partial charge in [-0.3, -0.25) is 0 Å². The number of hydrogen-bond acceptors (Lipinski definition) is 4. The first kappa shape index (κ1) is 31.3. The van der Waals surface area contributed by atoms with Crippen LogP contribution in [0.1, 0.15) is 36.1 Å². The molecule has 5 rings (SSSR count). The van der Waals surface area contributed by atoms with E-state index in [1.807, 2.05) is 13.8 Å². The van der Waals surface area contributed by atoms with Crippen molar-refractivity contribution < 1.29 is 8.85 Å². The van der Waals surface area contributed by atoms with E-state index in [2.05, 4.69) is 159 Å². The Hall–Kier alpha value is -4.16. The predicted octanol–water partition coefficient (Wildman–Crippen LogP) is 10.2. The van der Waals surface area contributed by atoms with Gasteiger partial charge in [-0.2, -0.15) is 0 Å². The number of aryl methyl sites for hydroxylation is 4. The molecular formula is C39H44N2O2Si. The summed E-state index contributed by atoms with van der Waals surface area (Å²) in [7, 11) is -2.48. The van der Waals surface area contributed by atoms with Crippen LogP contribution in [0.15, 0.2) is 115 Å². The third kappa shape index (κ3) is 6.81. The Morgan fingerprint density at radius 3 is 1.23 bits per heavy atom. The van der Waals surface area contributed by atoms with Crippen molar-refractivity contribution >= 4 is 47.9 Å². The normalized spacial score (nSPS) is 11.4. The van der Waals surface area contributed by atoms with E-state index < -0.39 is 8.56 Å². The van der Waals surface area contributed by atoms with E-state index in [-0.39, 0.29) is 0 Å². The van der Waals surface area contributed by atoms with Crippen molar-refractivity contribution in [2.75, 3.05) is 23.0 Å². The molecule has 0 atom stereocenters. The predicted molar refractivity (Wildman–Crippen MR) is 189 cm³/mol. The molecule has 0 fully saturated rings. The minimum absolute atomic E-state index is 0.633. The highest BCUT2D eigenvalue weighted by Crippen LogP contribution is 2.41. The zero-order chi connectivity index (χ0) is 31.3. The Kier molecular flexibility index (Phi) is 9.70. The Balaban J connectivity index is 1.59. The average Bonchev–Trinajstić information content (AvgIpc) is 3.02. The molecular weight excluding hydrogens is 557 g/mol. The molecule has 0 saturated heterocycles. The van der Waals surface area contributed by atoms with Gasteiger partial charge in [-0.05, 0) is 126 Å². The van der Waals surface area contributed by atoms with Crippen molar-refractivity contribution in [1.29, 1.82) is 0 Å². The second-order valence-corrected chi connectivity index (χ2v) is 14.6. The van der Waals surface area contributed by atoms with Crippen LogP contribution in [0.25, 0.3) is 0 Å². The molecule has 0 N–H and O–H groups in total. The molecule has 4 nitrogen and oxygen atoms in total. The van der Waals surface area contributed by atoms with Crippen LogP contribution in [-0.2, 0) is 8.85 Å². The van der Waals surface area contributed by atoms with Gasteiger partial charge in [0, 0.05) is 47.3 Å². The summed E-state index contributed by atoms with van der Waals surface area (Å²) in [5.41, 5.74) is 11.6. The van der Waals surface area contributed by atoms with E-state index in [1.54, 1.807) is 0 Å². The molecule has 0 radical (unpaired) electrons. The zero-order valence-corrected chi connectivity index (χ0v) is 28.1. The maximum Gasteiger partial charge on any atom is 0.369 e. The largest absolute Gasteiger partial charge is 0.391 e. The van der Waals surface area contributed by atoms with Crippen LogP contribution in [0.5, 0.6) is 0 Å². The van der Waals surface area contributed by atoms with Crippen molar-refractivity contribution in [2.45, 2.75) is 48.1 Å². The van der Waals surface area contributed by atoms with Gasteiger partial charge in [-0.1, -0.05) is 65.2 Å². The third-order valence-corrected chi connectivity index (χ3v) is 11.1. The van der Waals surface area contributed by atoms with Crippen LogP contribution in [0.4, 0.5) is 34.1 Å². The van der Waals surface area contributed by atoms with Crippen molar-refractivity contribution in [3.8, 4) is 0 Å². The first-order valence-corrected chi connectivity index (χ1v) is 17.8. The van der Waals surface area contributed by atoms with Crippen molar-refractivity contribution in [3.63, 3.8) is 0 Å². The second-order valence-electron chi connectivity index (χ2n) is 11.5. The van der Waals surface area contributed by atoms with E-state index >= 15 is 0 Å². The van der Waals surface area contributed by atoms with Crippen LogP contribution < -0.4 is 15.0 Å². The number of benzene rings is 5.